The van der Waals surface area contributed by atoms with Gasteiger partial charge in [-0.05, 0) is 19.1 Å². The molecule has 1 aromatic carbocycles. The first kappa shape index (κ1) is 16.1. The van der Waals surface area contributed by atoms with Crippen molar-refractivity contribution in [2.45, 2.75) is 18.2 Å². The van der Waals surface area contributed by atoms with Gasteiger partial charge in [-0.15, -0.1) is 0 Å². The van der Waals surface area contributed by atoms with E-state index in [2.05, 4.69) is 0 Å². The maximum Gasteiger partial charge on any atom is 0.335 e. The molecule has 1 rings (SSSR count). The van der Waals surface area contributed by atoms with E-state index in [1.165, 1.54) is 14.0 Å². The third kappa shape index (κ3) is 3.12. The van der Waals surface area contributed by atoms with Gasteiger partial charge in [0, 0.05) is 25.6 Å². The number of carbonyl (C=O) groups is 1. The van der Waals surface area contributed by atoms with Crippen molar-refractivity contribution in [3.8, 4) is 6.07 Å². The summed E-state index contributed by atoms with van der Waals surface area (Å²) < 4.78 is 39.0. The molecule has 0 heterocycles. The highest BCUT2D eigenvalue weighted by atomic mass is 32.2. The fourth-order valence-electron chi connectivity index (χ4n) is 1.54. The van der Waals surface area contributed by atoms with Crippen molar-refractivity contribution in [3.63, 3.8) is 0 Å². The molecule has 0 aliphatic rings. The zero-order valence-electron chi connectivity index (χ0n) is 10.9. The molecule has 0 aromatic heterocycles. The largest absolute Gasteiger partial charge is 0.478 e. The summed E-state index contributed by atoms with van der Waals surface area (Å²) in [7, 11) is -2.79. The average molecular weight is 300 g/mol. The van der Waals surface area contributed by atoms with Crippen LogP contribution in [-0.2, 0) is 10.0 Å². The van der Waals surface area contributed by atoms with Crippen molar-refractivity contribution in [1.82, 2.24) is 4.31 Å². The van der Waals surface area contributed by atoms with Gasteiger partial charge in [-0.2, -0.15) is 9.57 Å². The minimum Gasteiger partial charge on any atom is -0.478 e. The number of halogens is 1. The summed E-state index contributed by atoms with van der Waals surface area (Å²) in [6.45, 7) is 1.20. The van der Waals surface area contributed by atoms with Crippen molar-refractivity contribution in [3.05, 3.63) is 29.1 Å². The molecular weight excluding hydrogens is 287 g/mol. The number of nitrogens with zero attached hydrogens (tertiary/aromatic N) is 2. The van der Waals surface area contributed by atoms with E-state index in [1.54, 1.807) is 6.07 Å². The van der Waals surface area contributed by atoms with Gasteiger partial charge >= 0.3 is 5.97 Å². The highest BCUT2D eigenvalue weighted by Crippen LogP contribution is 2.23. The number of aromatic carboxylic acids is 1. The molecule has 0 aliphatic heterocycles. The van der Waals surface area contributed by atoms with E-state index in [0.717, 1.165) is 16.4 Å². The van der Waals surface area contributed by atoms with Crippen LogP contribution in [0.5, 0.6) is 0 Å². The van der Waals surface area contributed by atoms with E-state index in [-0.39, 0.29) is 18.5 Å². The van der Waals surface area contributed by atoms with Crippen LogP contribution in [-0.4, -0.2) is 37.4 Å². The Bertz CT molecular complexity index is 679. The number of hydrogen-bond acceptors (Lipinski definition) is 4. The van der Waals surface area contributed by atoms with Crippen LogP contribution in [0.15, 0.2) is 17.0 Å². The molecule has 1 N–H and O–H groups in total. The van der Waals surface area contributed by atoms with Gasteiger partial charge in [0.05, 0.1) is 16.5 Å². The van der Waals surface area contributed by atoms with Crippen LogP contribution in [0.4, 0.5) is 4.39 Å². The first-order valence-electron chi connectivity index (χ1n) is 5.58. The van der Waals surface area contributed by atoms with Gasteiger partial charge in [0.1, 0.15) is 5.82 Å². The minimum absolute atomic E-state index is 0.0180. The molecule has 0 unspecified atom stereocenters. The predicted octanol–water partition coefficient (Wildman–Crippen LogP) is 1.37. The van der Waals surface area contributed by atoms with Crippen LogP contribution >= 0.6 is 0 Å². The summed E-state index contributed by atoms with van der Waals surface area (Å²) in [5, 5.41) is 17.3. The zero-order valence-corrected chi connectivity index (χ0v) is 11.7. The van der Waals surface area contributed by atoms with E-state index in [9.17, 15) is 17.6 Å². The SMILES string of the molecule is Cc1c(F)cc(C(=O)O)cc1S(=O)(=O)N(C)CCC#N. The quantitative estimate of drug-likeness (QED) is 0.885. The Kier molecular flexibility index (Phi) is 4.81. The summed E-state index contributed by atoms with van der Waals surface area (Å²) in [5.74, 6) is -2.32. The molecule has 0 bridgehead atoms. The lowest BCUT2D eigenvalue weighted by Crippen LogP contribution is -2.28. The maximum atomic E-state index is 13.6. The summed E-state index contributed by atoms with van der Waals surface area (Å²) in [6.07, 6.45) is -0.0180. The number of hydrogen-bond donors (Lipinski definition) is 1. The van der Waals surface area contributed by atoms with Gasteiger partial charge in [0.2, 0.25) is 10.0 Å². The molecule has 0 atom stereocenters. The van der Waals surface area contributed by atoms with Crippen LogP contribution in [0.1, 0.15) is 22.3 Å². The maximum absolute atomic E-state index is 13.6. The highest BCUT2D eigenvalue weighted by Gasteiger charge is 2.25. The summed E-state index contributed by atoms with van der Waals surface area (Å²) in [5.41, 5.74) is -0.598. The number of benzene rings is 1. The van der Waals surface area contributed by atoms with Crippen molar-refractivity contribution in [1.29, 1.82) is 5.26 Å². The second-order valence-corrected chi connectivity index (χ2v) is 6.13. The molecule has 0 aliphatic carbocycles. The number of rotatable bonds is 5. The first-order chi connectivity index (χ1) is 9.21. The minimum atomic E-state index is -4.04. The van der Waals surface area contributed by atoms with Crippen LogP contribution in [0, 0.1) is 24.1 Å². The topological polar surface area (TPSA) is 98.5 Å². The number of sulfonamides is 1. The van der Waals surface area contributed by atoms with Crippen LogP contribution in [0.3, 0.4) is 0 Å². The van der Waals surface area contributed by atoms with Gasteiger partial charge in [0.25, 0.3) is 0 Å². The molecule has 8 heteroatoms. The van der Waals surface area contributed by atoms with Crippen LogP contribution in [0.2, 0.25) is 0 Å². The smallest absolute Gasteiger partial charge is 0.335 e. The van der Waals surface area contributed by atoms with Crippen molar-refractivity contribution < 1.29 is 22.7 Å². The fraction of sp³-hybridized carbons (Fsp3) is 0.333. The Balaban J connectivity index is 3.38. The summed E-state index contributed by atoms with van der Waals surface area (Å²) in [6, 6.07) is 3.49. The van der Waals surface area contributed by atoms with Crippen LogP contribution < -0.4 is 0 Å². The van der Waals surface area contributed by atoms with Gasteiger partial charge in [0.15, 0.2) is 0 Å². The van der Waals surface area contributed by atoms with E-state index in [0.29, 0.717) is 0 Å². The molecular formula is C12H13FN2O4S. The Hall–Kier alpha value is -1.98. The lowest BCUT2D eigenvalue weighted by Gasteiger charge is -2.18. The standard InChI is InChI=1S/C12H13FN2O4S/c1-8-10(13)6-9(12(16)17)7-11(8)20(18,19)15(2)5-3-4-14/h6-7H,3,5H2,1-2H3,(H,16,17). The molecule has 0 fully saturated rings. The molecule has 20 heavy (non-hydrogen) atoms. The molecule has 1 aromatic rings. The van der Waals surface area contributed by atoms with Crippen LogP contribution in [0.25, 0.3) is 0 Å². The summed E-state index contributed by atoms with van der Waals surface area (Å²) in [4.78, 5) is 10.5. The third-order valence-corrected chi connectivity index (χ3v) is 4.75. The molecule has 0 radical (unpaired) electrons. The summed E-state index contributed by atoms with van der Waals surface area (Å²) >= 11 is 0. The van der Waals surface area contributed by atoms with Crippen molar-refractivity contribution in [2.24, 2.45) is 0 Å². The Morgan fingerprint density at radius 2 is 2.10 bits per heavy atom. The molecule has 108 valence electrons. The van der Waals surface area contributed by atoms with Gasteiger partial charge in [-0.1, -0.05) is 0 Å². The predicted molar refractivity (Wildman–Crippen MR) is 68.1 cm³/mol. The van der Waals surface area contributed by atoms with Gasteiger partial charge in [-0.3, -0.25) is 0 Å². The molecule has 0 amide bonds. The zero-order chi connectivity index (χ0) is 15.5. The van der Waals surface area contributed by atoms with Crippen molar-refractivity contribution in [2.75, 3.05) is 13.6 Å². The first-order valence-corrected chi connectivity index (χ1v) is 7.02. The monoisotopic (exact) mass is 300 g/mol. The number of carboxylic acids is 1. The van der Waals surface area contributed by atoms with E-state index >= 15 is 0 Å². The fourth-order valence-corrected chi connectivity index (χ4v) is 2.97. The molecule has 0 saturated heterocycles. The second kappa shape index (κ2) is 5.98. The molecule has 0 saturated carbocycles. The van der Waals surface area contributed by atoms with E-state index < -0.39 is 32.3 Å². The van der Waals surface area contributed by atoms with Crippen molar-refractivity contribution >= 4 is 16.0 Å². The highest BCUT2D eigenvalue weighted by molar-refractivity contribution is 7.89. The molecule has 0 spiro atoms. The molecule has 6 nitrogen and oxygen atoms in total. The average Bonchev–Trinajstić information content (AvgIpc) is 2.38. The third-order valence-electron chi connectivity index (χ3n) is 2.77. The van der Waals surface area contributed by atoms with E-state index in [1.807, 2.05) is 0 Å². The Labute approximate surface area is 116 Å². The normalized spacial score (nSPS) is 11.3. The Morgan fingerprint density at radius 1 is 1.50 bits per heavy atom. The second-order valence-electron chi connectivity index (χ2n) is 4.12. The lowest BCUT2D eigenvalue weighted by molar-refractivity contribution is 0.0696. The van der Waals surface area contributed by atoms with Gasteiger partial charge in [-0.25, -0.2) is 17.6 Å². The van der Waals surface area contributed by atoms with E-state index in [4.69, 9.17) is 10.4 Å². The lowest BCUT2D eigenvalue weighted by atomic mass is 10.1. The Morgan fingerprint density at radius 3 is 2.60 bits per heavy atom. The number of nitriles is 1. The van der Waals surface area contributed by atoms with Gasteiger partial charge < -0.3 is 5.11 Å². The number of carboxylic acid groups (broad SMARTS) is 1.